The second-order valence-corrected chi connectivity index (χ2v) is 6.96. The van der Waals surface area contributed by atoms with Gasteiger partial charge in [0.2, 0.25) is 0 Å². The molecule has 0 aliphatic carbocycles. The lowest BCUT2D eigenvalue weighted by Gasteiger charge is -2.17. The number of amides is 1. The number of phenols is 1. The zero-order valence-electron chi connectivity index (χ0n) is 14.3. The van der Waals surface area contributed by atoms with Gasteiger partial charge in [-0.25, -0.2) is 4.79 Å². The maximum atomic E-state index is 12.7. The highest BCUT2D eigenvalue weighted by Crippen LogP contribution is 2.37. The Labute approximate surface area is 154 Å². The number of aromatic hydroxyl groups is 1. The molecular formula is C20H17NO4S. The molecule has 0 bridgehead atoms. The number of nitrogens with zero attached hydrogens (tertiary/aromatic N) is 1. The number of anilines is 1. The third-order valence-electron chi connectivity index (χ3n) is 4.00. The lowest BCUT2D eigenvalue weighted by atomic mass is 10.1. The minimum Gasteiger partial charge on any atom is -0.508 e. The zero-order chi connectivity index (χ0) is 18.8. The Morgan fingerprint density at radius 3 is 2.35 bits per heavy atom. The first-order chi connectivity index (χ1) is 12.4. The average Bonchev–Trinajstić information content (AvgIpc) is 3.07. The van der Waals surface area contributed by atoms with Gasteiger partial charge in [0.05, 0.1) is 5.69 Å². The zero-order valence-corrected chi connectivity index (χ0v) is 15.1. The van der Waals surface area contributed by atoms with Crippen LogP contribution in [0.5, 0.6) is 5.75 Å². The van der Waals surface area contributed by atoms with Crippen molar-refractivity contribution in [2.24, 2.45) is 0 Å². The quantitative estimate of drug-likeness (QED) is 0.716. The molecule has 2 aromatic carbocycles. The molecular weight excluding hydrogens is 350 g/mol. The third kappa shape index (κ3) is 3.45. The first kappa shape index (κ1) is 17.7. The van der Waals surface area contributed by atoms with E-state index in [1.807, 2.05) is 19.1 Å². The van der Waals surface area contributed by atoms with Gasteiger partial charge in [0.25, 0.3) is 5.91 Å². The molecule has 3 rings (SSSR count). The molecule has 0 saturated heterocycles. The summed E-state index contributed by atoms with van der Waals surface area (Å²) in [6.07, 6.45) is 0. The lowest BCUT2D eigenvalue weighted by molar-refractivity contribution is 0.0703. The lowest BCUT2D eigenvalue weighted by Crippen LogP contribution is -2.27. The number of benzene rings is 2. The standard InChI is InChI=1S/C20H17NO4S/c1-12-6-8-13(9-7-12)19(23)21(2)16-11-17(26-18(16)20(24)25)14-4-3-5-15(22)10-14/h3-11,22H,1-2H3,(H,24,25). The SMILES string of the molecule is Cc1ccc(C(=O)N(C)c2cc(-c3cccc(O)c3)sc2C(=O)O)cc1. The maximum absolute atomic E-state index is 12.7. The maximum Gasteiger partial charge on any atom is 0.348 e. The van der Waals surface area contributed by atoms with E-state index in [1.54, 1.807) is 49.5 Å². The number of rotatable bonds is 4. The molecule has 0 aliphatic heterocycles. The highest BCUT2D eigenvalue weighted by atomic mass is 32.1. The van der Waals surface area contributed by atoms with Gasteiger partial charge >= 0.3 is 5.97 Å². The summed E-state index contributed by atoms with van der Waals surface area (Å²) < 4.78 is 0. The first-order valence-electron chi connectivity index (χ1n) is 7.88. The summed E-state index contributed by atoms with van der Waals surface area (Å²) in [4.78, 5) is 26.5. The van der Waals surface area contributed by atoms with E-state index in [9.17, 15) is 19.8 Å². The Kier molecular flexibility index (Phi) is 4.77. The van der Waals surface area contributed by atoms with E-state index in [4.69, 9.17) is 0 Å². The first-order valence-corrected chi connectivity index (χ1v) is 8.69. The van der Waals surface area contributed by atoms with Crippen LogP contribution in [0.4, 0.5) is 5.69 Å². The molecule has 6 heteroatoms. The second kappa shape index (κ2) is 7.01. The number of carbonyl (C=O) groups excluding carboxylic acids is 1. The van der Waals surface area contributed by atoms with Crippen molar-refractivity contribution in [2.45, 2.75) is 6.92 Å². The minimum absolute atomic E-state index is 0.0753. The summed E-state index contributed by atoms with van der Waals surface area (Å²) >= 11 is 1.07. The van der Waals surface area contributed by atoms with Crippen molar-refractivity contribution in [1.29, 1.82) is 0 Å². The van der Waals surface area contributed by atoms with Crippen molar-refractivity contribution in [3.63, 3.8) is 0 Å². The summed E-state index contributed by atoms with van der Waals surface area (Å²) in [5.41, 5.74) is 2.54. The van der Waals surface area contributed by atoms with E-state index in [2.05, 4.69) is 0 Å². The molecule has 5 nitrogen and oxygen atoms in total. The highest BCUT2D eigenvalue weighted by molar-refractivity contribution is 7.18. The number of phenolic OH excluding ortho intramolecular Hbond substituents is 1. The van der Waals surface area contributed by atoms with Crippen molar-refractivity contribution in [1.82, 2.24) is 0 Å². The van der Waals surface area contributed by atoms with Gasteiger partial charge in [0.1, 0.15) is 10.6 Å². The van der Waals surface area contributed by atoms with Crippen LogP contribution in [0, 0.1) is 6.92 Å². The van der Waals surface area contributed by atoms with Gasteiger partial charge in [0.15, 0.2) is 0 Å². The molecule has 0 spiro atoms. The normalized spacial score (nSPS) is 10.5. The number of carboxylic acid groups (broad SMARTS) is 1. The summed E-state index contributed by atoms with van der Waals surface area (Å²) in [7, 11) is 1.56. The number of thiophene rings is 1. The van der Waals surface area contributed by atoms with E-state index in [-0.39, 0.29) is 16.5 Å². The smallest absolute Gasteiger partial charge is 0.348 e. The molecule has 26 heavy (non-hydrogen) atoms. The molecule has 1 amide bonds. The van der Waals surface area contributed by atoms with E-state index < -0.39 is 5.97 Å². The molecule has 132 valence electrons. The molecule has 2 N–H and O–H groups in total. The van der Waals surface area contributed by atoms with E-state index in [0.29, 0.717) is 21.7 Å². The predicted molar refractivity (Wildman–Crippen MR) is 102 cm³/mol. The molecule has 0 atom stereocenters. The van der Waals surface area contributed by atoms with Gasteiger partial charge in [-0.1, -0.05) is 29.8 Å². The molecule has 0 unspecified atom stereocenters. The van der Waals surface area contributed by atoms with Gasteiger partial charge in [-0.3, -0.25) is 4.79 Å². The van der Waals surface area contributed by atoms with E-state index >= 15 is 0 Å². The largest absolute Gasteiger partial charge is 0.508 e. The third-order valence-corrected chi connectivity index (χ3v) is 5.16. The van der Waals surface area contributed by atoms with Crippen molar-refractivity contribution in [2.75, 3.05) is 11.9 Å². The second-order valence-electron chi connectivity index (χ2n) is 5.91. The minimum atomic E-state index is -1.10. The van der Waals surface area contributed by atoms with E-state index in [1.165, 1.54) is 4.90 Å². The predicted octanol–water partition coefficient (Wildman–Crippen LogP) is 4.40. The molecule has 0 fully saturated rings. The number of carboxylic acids is 1. The van der Waals surface area contributed by atoms with Gasteiger partial charge in [-0.2, -0.15) is 0 Å². The van der Waals surface area contributed by atoms with Crippen LogP contribution in [-0.4, -0.2) is 29.1 Å². The summed E-state index contributed by atoms with van der Waals surface area (Å²) in [6, 6.07) is 15.3. The van der Waals surface area contributed by atoms with Crippen LogP contribution in [0.15, 0.2) is 54.6 Å². The monoisotopic (exact) mass is 367 g/mol. The van der Waals surface area contributed by atoms with Crippen molar-refractivity contribution >= 4 is 28.9 Å². The fourth-order valence-electron chi connectivity index (χ4n) is 2.58. The summed E-state index contributed by atoms with van der Waals surface area (Å²) in [6.45, 7) is 1.93. The van der Waals surface area contributed by atoms with Crippen LogP contribution in [0.25, 0.3) is 10.4 Å². The van der Waals surface area contributed by atoms with Crippen molar-refractivity contribution in [3.8, 4) is 16.2 Å². The Balaban J connectivity index is 2.01. The Morgan fingerprint density at radius 1 is 1.04 bits per heavy atom. The topological polar surface area (TPSA) is 77.8 Å². The highest BCUT2D eigenvalue weighted by Gasteiger charge is 2.23. The van der Waals surface area contributed by atoms with E-state index in [0.717, 1.165) is 16.9 Å². The Morgan fingerprint density at radius 2 is 1.73 bits per heavy atom. The molecule has 0 saturated carbocycles. The van der Waals surface area contributed by atoms with Crippen molar-refractivity contribution in [3.05, 3.63) is 70.6 Å². The van der Waals surface area contributed by atoms with Crippen LogP contribution < -0.4 is 4.90 Å². The summed E-state index contributed by atoms with van der Waals surface area (Å²) in [5, 5.41) is 19.2. The van der Waals surface area contributed by atoms with Crippen LogP contribution in [-0.2, 0) is 0 Å². The van der Waals surface area contributed by atoms with Crippen LogP contribution in [0.1, 0.15) is 25.6 Å². The van der Waals surface area contributed by atoms with Gasteiger partial charge < -0.3 is 15.1 Å². The number of aromatic carboxylic acids is 1. The van der Waals surface area contributed by atoms with Crippen LogP contribution in [0.3, 0.4) is 0 Å². The molecule has 3 aromatic rings. The molecule has 1 heterocycles. The van der Waals surface area contributed by atoms with Gasteiger partial charge in [0, 0.05) is 17.5 Å². The fraction of sp³-hybridized carbons (Fsp3) is 0.100. The number of hydrogen-bond acceptors (Lipinski definition) is 4. The number of aryl methyl sites for hydroxylation is 1. The molecule has 0 aliphatic rings. The van der Waals surface area contributed by atoms with Crippen LogP contribution in [0.2, 0.25) is 0 Å². The molecule has 0 radical (unpaired) electrons. The van der Waals surface area contributed by atoms with Crippen molar-refractivity contribution < 1.29 is 19.8 Å². The number of hydrogen-bond donors (Lipinski definition) is 2. The Hall–Kier alpha value is -3.12. The Bertz CT molecular complexity index is 976. The van der Waals surface area contributed by atoms with Gasteiger partial charge in [-0.05, 0) is 42.8 Å². The number of carbonyl (C=O) groups is 2. The summed E-state index contributed by atoms with van der Waals surface area (Å²) in [5.74, 6) is -1.29. The molecule has 1 aromatic heterocycles. The average molecular weight is 367 g/mol. The van der Waals surface area contributed by atoms with Gasteiger partial charge in [-0.15, -0.1) is 11.3 Å². The fourth-order valence-corrected chi connectivity index (χ4v) is 3.61. The van der Waals surface area contributed by atoms with Crippen LogP contribution >= 0.6 is 11.3 Å².